The number of esters is 1. The van der Waals surface area contributed by atoms with E-state index < -0.39 is 17.5 Å². The first kappa shape index (κ1) is 16.5. The number of carboxylic acid groups (broad SMARTS) is 1. The minimum Gasteiger partial charge on any atom is -0.481 e. The van der Waals surface area contributed by atoms with Crippen LogP contribution in [-0.2, 0) is 14.3 Å². The van der Waals surface area contributed by atoms with Gasteiger partial charge in [-0.1, -0.05) is 6.92 Å². The van der Waals surface area contributed by atoms with E-state index in [4.69, 9.17) is 18.9 Å². The molecule has 1 unspecified atom stereocenters. The number of carboxylic acids is 1. The summed E-state index contributed by atoms with van der Waals surface area (Å²) in [6.07, 6.45) is 0.0645. The van der Waals surface area contributed by atoms with Crippen molar-refractivity contribution in [3.63, 3.8) is 0 Å². The third kappa shape index (κ3) is 2.77. The van der Waals surface area contributed by atoms with E-state index in [0.717, 1.165) is 0 Å². The van der Waals surface area contributed by atoms with E-state index in [-0.39, 0.29) is 35.5 Å². The van der Waals surface area contributed by atoms with Crippen molar-refractivity contribution in [2.24, 2.45) is 0 Å². The smallest absolute Gasteiger partial charge is 0.375 e. The van der Waals surface area contributed by atoms with Crippen molar-refractivity contribution in [3.8, 4) is 17.8 Å². The second-order valence-electron chi connectivity index (χ2n) is 4.67. The van der Waals surface area contributed by atoms with Crippen LogP contribution < -0.4 is 14.2 Å². The van der Waals surface area contributed by atoms with Gasteiger partial charge in [0.05, 0.1) is 20.3 Å². The molecule has 9 heteroatoms. The lowest BCUT2D eigenvalue weighted by Gasteiger charge is -2.22. The quantitative estimate of drug-likeness (QED) is 0.762. The van der Waals surface area contributed by atoms with Gasteiger partial charge in [0.1, 0.15) is 0 Å². The minimum atomic E-state index is -1.74. The molecular weight excluding hydrogens is 308 g/mol. The topological polar surface area (TPSA) is 117 Å². The Balaban J connectivity index is 2.43. The molecule has 1 aromatic heterocycles. The number of rotatable bonds is 6. The number of nitrogens with zero attached hydrogens (tertiary/aromatic N) is 2. The lowest BCUT2D eigenvalue weighted by Crippen LogP contribution is -2.39. The molecule has 1 N–H and O–H groups in total. The minimum absolute atomic E-state index is 0.0645. The molecule has 0 radical (unpaired) electrons. The van der Waals surface area contributed by atoms with Crippen LogP contribution in [0.5, 0.6) is 17.8 Å². The van der Waals surface area contributed by atoms with Crippen LogP contribution in [0.25, 0.3) is 0 Å². The van der Waals surface area contributed by atoms with Crippen molar-refractivity contribution in [3.05, 3.63) is 17.4 Å². The van der Waals surface area contributed by atoms with Crippen LogP contribution in [-0.4, -0.2) is 46.8 Å². The van der Waals surface area contributed by atoms with E-state index >= 15 is 0 Å². The number of hydrogen-bond donors (Lipinski definition) is 1. The van der Waals surface area contributed by atoms with Crippen molar-refractivity contribution in [1.82, 2.24) is 9.97 Å². The zero-order valence-corrected chi connectivity index (χ0v) is 13.1. The summed E-state index contributed by atoms with van der Waals surface area (Å²) in [7, 11) is 2.79. The average molecular weight is 324 g/mol. The standard InChI is InChI=1S/C14H16N2O7/c1-5-14(12(18)19)7(2)10(11(17)23-14)22-13-15-8(20-3)6-9(16-13)21-4/h6H,5H2,1-4H3,(H,18,19). The molecule has 1 atom stereocenters. The van der Waals surface area contributed by atoms with Crippen molar-refractivity contribution >= 4 is 11.9 Å². The molecule has 1 aliphatic heterocycles. The SMILES string of the molecule is CCC1(C(=O)O)OC(=O)C(Oc2nc(OC)cc(OC)n2)=C1C. The second kappa shape index (κ2) is 6.11. The fourth-order valence-corrected chi connectivity index (χ4v) is 2.16. The molecule has 2 rings (SSSR count). The summed E-state index contributed by atoms with van der Waals surface area (Å²) in [5, 5.41) is 9.36. The van der Waals surface area contributed by atoms with E-state index in [2.05, 4.69) is 9.97 Å². The summed E-state index contributed by atoms with van der Waals surface area (Å²) in [5.74, 6) is -2.09. The van der Waals surface area contributed by atoms with Crippen LogP contribution in [0.15, 0.2) is 17.4 Å². The number of ether oxygens (including phenoxy) is 4. The molecule has 23 heavy (non-hydrogen) atoms. The van der Waals surface area contributed by atoms with Gasteiger partial charge in [-0.05, 0) is 13.3 Å². The summed E-state index contributed by atoms with van der Waals surface area (Å²) < 4.78 is 20.3. The van der Waals surface area contributed by atoms with Gasteiger partial charge in [0.25, 0.3) is 0 Å². The summed E-state index contributed by atoms with van der Waals surface area (Å²) in [5.41, 5.74) is -1.60. The number of methoxy groups -OCH3 is 2. The maximum Gasteiger partial charge on any atom is 0.375 e. The van der Waals surface area contributed by atoms with Gasteiger partial charge in [-0.25, -0.2) is 9.59 Å². The van der Waals surface area contributed by atoms with Crippen LogP contribution in [0.3, 0.4) is 0 Å². The molecule has 2 heterocycles. The molecule has 0 amide bonds. The highest BCUT2D eigenvalue weighted by Gasteiger charge is 2.52. The Morgan fingerprint density at radius 1 is 1.30 bits per heavy atom. The van der Waals surface area contributed by atoms with E-state index in [1.807, 2.05) is 0 Å². The molecule has 124 valence electrons. The van der Waals surface area contributed by atoms with Crippen molar-refractivity contribution < 1.29 is 33.6 Å². The van der Waals surface area contributed by atoms with Gasteiger partial charge in [0.15, 0.2) is 0 Å². The van der Waals surface area contributed by atoms with E-state index in [0.29, 0.717) is 0 Å². The third-order valence-corrected chi connectivity index (χ3v) is 3.51. The van der Waals surface area contributed by atoms with Crippen LogP contribution >= 0.6 is 0 Å². The van der Waals surface area contributed by atoms with Crippen molar-refractivity contribution in [1.29, 1.82) is 0 Å². The highest BCUT2D eigenvalue weighted by Crippen LogP contribution is 2.36. The lowest BCUT2D eigenvalue weighted by molar-refractivity contribution is -0.168. The number of carbonyl (C=O) groups excluding carboxylic acids is 1. The van der Waals surface area contributed by atoms with Crippen molar-refractivity contribution in [2.75, 3.05) is 14.2 Å². The number of hydrogen-bond acceptors (Lipinski definition) is 8. The fourth-order valence-electron chi connectivity index (χ4n) is 2.16. The van der Waals surface area contributed by atoms with Gasteiger partial charge < -0.3 is 24.1 Å². The van der Waals surface area contributed by atoms with Gasteiger partial charge in [-0.2, -0.15) is 9.97 Å². The summed E-state index contributed by atoms with van der Waals surface area (Å²) in [6, 6.07) is 1.21. The maximum atomic E-state index is 12.0. The molecule has 0 saturated heterocycles. The predicted octanol–water partition coefficient (Wildman–Crippen LogP) is 0.937. The first-order chi connectivity index (χ1) is 10.9. The largest absolute Gasteiger partial charge is 0.481 e. The summed E-state index contributed by atoms with van der Waals surface area (Å²) in [4.78, 5) is 31.3. The Bertz CT molecular complexity index is 663. The molecule has 0 fully saturated rings. The molecule has 0 spiro atoms. The van der Waals surface area contributed by atoms with Gasteiger partial charge >= 0.3 is 17.9 Å². The third-order valence-electron chi connectivity index (χ3n) is 3.51. The fraction of sp³-hybridized carbons (Fsp3) is 0.429. The Labute approximate surface area is 131 Å². The van der Waals surface area contributed by atoms with Gasteiger partial charge in [-0.3, -0.25) is 0 Å². The average Bonchev–Trinajstić information content (AvgIpc) is 2.79. The Morgan fingerprint density at radius 2 is 1.87 bits per heavy atom. The summed E-state index contributed by atoms with van der Waals surface area (Å²) >= 11 is 0. The monoisotopic (exact) mass is 324 g/mol. The zero-order chi connectivity index (χ0) is 17.2. The van der Waals surface area contributed by atoms with Crippen LogP contribution in [0, 0.1) is 0 Å². The predicted molar refractivity (Wildman–Crippen MR) is 75.2 cm³/mol. The Hall–Kier alpha value is -2.84. The number of aliphatic carboxylic acids is 1. The molecule has 0 aliphatic carbocycles. The van der Waals surface area contributed by atoms with Crippen molar-refractivity contribution in [2.45, 2.75) is 25.9 Å². The number of aromatic nitrogens is 2. The van der Waals surface area contributed by atoms with Gasteiger partial charge in [-0.15, -0.1) is 0 Å². The zero-order valence-electron chi connectivity index (χ0n) is 13.1. The van der Waals surface area contributed by atoms with Crippen LogP contribution in [0.1, 0.15) is 20.3 Å². The first-order valence-electron chi connectivity index (χ1n) is 6.71. The van der Waals surface area contributed by atoms with Crippen LogP contribution in [0.2, 0.25) is 0 Å². The summed E-state index contributed by atoms with van der Waals surface area (Å²) in [6.45, 7) is 3.05. The number of carbonyl (C=O) groups is 2. The Morgan fingerprint density at radius 3 is 2.26 bits per heavy atom. The maximum absolute atomic E-state index is 12.0. The highest BCUT2D eigenvalue weighted by molar-refractivity contribution is 5.98. The number of cyclic esters (lactones) is 1. The first-order valence-corrected chi connectivity index (χ1v) is 6.71. The Kier molecular flexibility index (Phi) is 4.39. The second-order valence-corrected chi connectivity index (χ2v) is 4.67. The lowest BCUT2D eigenvalue weighted by atomic mass is 9.93. The molecule has 9 nitrogen and oxygen atoms in total. The molecular formula is C14H16N2O7. The molecule has 1 aliphatic rings. The molecule has 1 aromatic rings. The van der Waals surface area contributed by atoms with E-state index in [9.17, 15) is 14.7 Å². The molecule has 0 bridgehead atoms. The van der Waals surface area contributed by atoms with Gasteiger partial charge in [0.2, 0.25) is 23.1 Å². The molecule has 0 saturated carbocycles. The highest BCUT2D eigenvalue weighted by atomic mass is 16.6. The van der Waals surface area contributed by atoms with E-state index in [1.165, 1.54) is 27.2 Å². The van der Waals surface area contributed by atoms with Gasteiger partial charge in [0, 0.05) is 5.57 Å². The molecule has 0 aromatic carbocycles. The normalized spacial score (nSPS) is 20.3. The van der Waals surface area contributed by atoms with Crippen LogP contribution in [0.4, 0.5) is 0 Å². The van der Waals surface area contributed by atoms with E-state index in [1.54, 1.807) is 6.92 Å².